The maximum atomic E-state index is 12.9. The van der Waals surface area contributed by atoms with E-state index in [1.807, 2.05) is 0 Å². The van der Waals surface area contributed by atoms with Gasteiger partial charge in [-0.3, -0.25) is 9.59 Å². The number of rotatable bonds is 7. The number of carbonyl (C=O) groups excluding carboxylic acids is 2. The summed E-state index contributed by atoms with van der Waals surface area (Å²) in [7, 11) is 0. The van der Waals surface area contributed by atoms with E-state index in [-0.39, 0.29) is 24.1 Å². The molecule has 2 rings (SSSR count). The lowest BCUT2D eigenvalue weighted by Gasteiger charge is -2.27. The molecule has 1 aromatic rings. The van der Waals surface area contributed by atoms with Crippen LogP contribution in [-0.4, -0.2) is 55.6 Å². The number of morpholine rings is 1. The molecule has 1 atom stereocenters. The Morgan fingerprint density at radius 1 is 1.22 bits per heavy atom. The average molecular weight is 387 g/mol. The minimum Gasteiger partial charge on any atom is -0.378 e. The summed E-state index contributed by atoms with van der Waals surface area (Å²) in [6, 6.07) is 4.58. The van der Waals surface area contributed by atoms with Crippen molar-refractivity contribution < 1.29 is 27.5 Å². The fraction of sp³-hybridized carbons (Fsp3) is 0.556. The van der Waals surface area contributed by atoms with Gasteiger partial charge in [0.05, 0.1) is 24.5 Å². The van der Waals surface area contributed by atoms with Crippen molar-refractivity contribution in [2.45, 2.75) is 32.0 Å². The molecule has 9 heteroatoms. The fourth-order valence-electron chi connectivity index (χ4n) is 2.79. The van der Waals surface area contributed by atoms with Gasteiger partial charge in [0.25, 0.3) is 0 Å². The molecule has 1 unspecified atom stereocenters. The third-order valence-electron chi connectivity index (χ3n) is 4.19. The van der Waals surface area contributed by atoms with E-state index >= 15 is 0 Å². The van der Waals surface area contributed by atoms with Gasteiger partial charge in [0, 0.05) is 38.5 Å². The summed E-state index contributed by atoms with van der Waals surface area (Å²) >= 11 is 0. The van der Waals surface area contributed by atoms with Crippen LogP contribution in [0.5, 0.6) is 0 Å². The van der Waals surface area contributed by atoms with Crippen LogP contribution in [0.4, 0.5) is 18.9 Å². The average Bonchev–Trinajstić information content (AvgIpc) is 2.61. The molecule has 1 aromatic carbocycles. The Bertz CT molecular complexity index is 646. The number of ether oxygens (including phenoxy) is 1. The molecule has 1 aliphatic rings. The number of nitrogens with one attached hydrogen (secondary N) is 2. The first-order valence-corrected chi connectivity index (χ1v) is 8.82. The molecule has 150 valence electrons. The minimum absolute atomic E-state index is 0.00205. The molecule has 0 saturated carbocycles. The summed E-state index contributed by atoms with van der Waals surface area (Å²) in [4.78, 5) is 25.8. The van der Waals surface area contributed by atoms with E-state index in [0.29, 0.717) is 39.3 Å². The minimum atomic E-state index is -4.53. The number of anilines is 1. The number of nitrogens with zero attached hydrogens (tertiary/aromatic N) is 1. The Morgan fingerprint density at radius 2 is 1.89 bits per heavy atom. The SMILES string of the molecule is CC(CC(=O)Nc1ccccc1C(F)(F)F)NCCC(=O)N1CCOCC1. The van der Waals surface area contributed by atoms with E-state index in [4.69, 9.17) is 4.74 Å². The van der Waals surface area contributed by atoms with E-state index in [0.717, 1.165) is 6.07 Å². The summed E-state index contributed by atoms with van der Waals surface area (Å²) in [5, 5.41) is 5.36. The predicted octanol–water partition coefficient (Wildman–Crippen LogP) is 2.26. The van der Waals surface area contributed by atoms with E-state index < -0.39 is 17.6 Å². The maximum absolute atomic E-state index is 12.9. The number of amides is 2. The summed E-state index contributed by atoms with van der Waals surface area (Å²) in [6.07, 6.45) is -4.24. The topological polar surface area (TPSA) is 70.7 Å². The van der Waals surface area contributed by atoms with Gasteiger partial charge < -0.3 is 20.3 Å². The lowest BCUT2D eigenvalue weighted by molar-refractivity contribution is -0.137. The Morgan fingerprint density at radius 3 is 2.56 bits per heavy atom. The van der Waals surface area contributed by atoms with Crippen LogP contribution in [0.3, 0.4) is 0 Å². The van der Waals surface area contributed by atoms with Gasteiger partial charge in [0.1, 0.15) is 0 Å². The van der Waals surface area contributed by atoms with E-state index in [2.05, 4.69) is 10.6 Å². The van der Waals surface area contributed by atoms with Gasteiger partial charge >= 0.3 is 6.18 Å². The number of halogens is 3. The highest BCUT2D eigenvalue weighted by Crippen LogP contribution is 2.34. The second kappa shape index (κ2) is 9.70. The Hall–Kier alpha value is -2.13. The van der Waals surface area contributed by atoms with Gasteiger partial charge in [-0.25, -0.2) is 0 Å². The van der Waals surface area contributed by atoms with Gasteiger partial charge in [-0.1, -0.05) is 12.1 Å². The molecule has 27 heavy (non-hydrogen) atoms. The molecule has 2 N–H and O–H groups in total. The predicted molar refractivity (Wildman–Crippen MR) is 94.2 cm³/mol. The van der Waals surface area contributed by atoms with E-state index in [1.165, 1.54) is 18.2 Å². The van der Waals surface area contributed by atoms with Crippen LogP contribution in [0.2, 0.25) is 0 Å². The monoisotopic (exact) mass is 387 g/mol. The molecule has 0 bridgehead atoms. The second-order valence-electron chi connectivity index (χ2n) is 6.39. The van der Waals surface area contributed by atoms with Crippen molar-refractivity contribution in [3.8, 4) is 0 Å². The third kappa shape index (κ3) is 6.84. The van der Waals surface area contributed by atoms with Crippen molar-refractivity contribution in [1.29, 1.82) is 0 Å². The van der Waals surface area contributed by atoms with Crippen LogP contribution in [0.1, 0.15) is 25.3 Å². The van der Waals surface area contributed by atoms with Crippen molar-refractivity contribution in [2.75, 3.05) is 38.2 Å². The summed E-state index contributed by atoms with van der Waals surface area (Å²) in [5.74, 6) is -0.507. The lowest BCUT2D eigenvalue weighted by Crippen LogP contribution is -2.42. The van der Waals surface area contributed by atoms with Crippen molar-refractivity contribution in [3.05, 3.63) is 29.8 Å². The zero-order chi connectivity index (χ0) is 19.9. The standard InChI is InChI=1S/C18H24F3N3O3/c1-13(22-7-6-17(26)24-8-10-27-11-9-24)12-16(25)23-15-5-3-2-4-14(15)18(19,20)21/h2-5,13,22H,6-12H2,1H3,(H,23,25). The molecular formula is C18H24F3N3O3. The van der Waals surface area contributed by atoms with Crippen molar-refractivity contribution >= 4 is 17.5 Å². The number of hydrogen-bond acceptors (Lipinski definition) is 4. The molecule has 0 spiro atoms. The zero-order valence-electron chi connectivity index (χ0n) is 15.1. The lowest BCUT2D eigenvalue weighted by atomic mass is 10.1. The molecule has 0 radical (unpaired) electrons. The van der Waals surface area contributed by atoms with Crippen molar-refractivity contribution in [1.82, 2.24) is 10.2 Å². The van der Waals surface area contributed by atoms with Gasteiger partial charge in [0.15, 0.2) is 0 Å². The quantitative estimate of drug-likeness (QED) is 0.753. The zero-order valence-corrected chi connectivity index (χ0v) is 15.1. The smallest absolute Gasteiger partial charge is 0.378 e. The number of carbonyl (C=O) groups is 2. The first-order valence-electron chi connectivity index (χ1n) is 8.82. The first-order chi connectivity index (χ1) is 12.8. The Labute approximate surface area is 156 Å². The summed E-state index contributed by atoms with van der Waals surface area (Å²) in [6.45, 7) is 4.37. The van der Waals surface area contributed by atoms with Crippen LogP contribution in [0.25, 0.3) is 0 Å². The van der Waals surface area contributed by atoms with Gasteiger partial charge in [-0.15, -0.1) is 0 Å². The molecule has 1 saturated heterocycles. The Balaban J connectivity index is 1.75. The van der Waals surface area contributed by atoms with Crippen molar-refractivity contribution in [3.63, 3.8) is 0 Å². The van der Waals surface area contributed by atoms with Gasteiger partial charge in [-0.2, -0.15) is 13.2 Å². The van der Waals surface area contributed by atoms with Crippen LogP contribution in [0.15, 0.2) is 24.3 Å². The largest absolute Gasteiger partial charge is 0.418 e. The molecule has 2 amide bonds. The summed E-state index contributed by atoms with van der Waals surface area (Å²) in [5.41, 5.74) is -1.14. The highest BCUT2D eigenvalue weighted by atomic mass is 19.4. The highest BCUT2D eigenvalue weighted by molar-refractivity contribution is 5.92. The first kappa shape index (κ1) is 21.2. The second-order valence-corrected chi connectivity index (χ2v) is 6.39. The third-order valence-corrected chi connectivity index (χ3v) is 4.19. The molecule has 0 aromatic heterocycles. The highest BCUT2D eigenvalue weighted by Gasteiger charge is 2.33. The molecule has 6 nitrogen and oxygen atoms in total. The van der Waals surface area contributed by atoms with Crippen LogP contribution < -0.4 is 10.6 Å². The van der Waals surface area contributed by atoms with Gasteiger partial charge in [-0.05, 0) is 19.1 Å². The van der Waals surface area contributed by atoms with E-state index in [1.54, 1.807) is 11.8 Å². The normalized spacial score (nSPS) is 16.1. The number of para-hydroxylation sites is 1. The molecule has 0 aliphatic carbocycles. The molecular weight excluding hydrogens is 363 g/mol. The number of alkyl halides is 3. The number of hydrogen-bond donors (Lipinski definition) is 2. The molecule has 1 fully saturated rings. The van der Waals surface area contributed by atoms with Crippen LogP contribution in [0, 0.1) is 0 Å². The van der Waals surface area contributed by atoms with Crippen LogP contribution >= 0.6 is 0 Å². The molecule has 1 heterocycles. The summed E-state index contributed by atoms with van der Waals surface area (Å²) < 4.78 is 44.0. The van der Waals surface area contributed by atoms with Gasteiger partial charge in [0.2, 0.25) is 11.8 Å². The fourth-order valence-corrected chi connectivity index (χ4v) is 2.79. The van der Waals surface area contributed by atoms with Crippen LogP contribution in [-0.2, 0) is 20.5 Å². The molecule has 1 aliphatic heterocycles. The number of benzene rings is 1. The maximum Gasteiger partial charge on any atom is 0.418 e. The van der Waals surface area contributed by atoms with Crippen molar-refractivity contribution in [2.24, 2.45) is 0 Å². The van der Waals surface area contributed by atoms with E-state index in [9.17, 15) is 22.8 Å². The Kier molecular flexibility index (Phi) is 7.61.